The maximum Gasteiger partial charge on any atom is 0.310 e. The van der Waals surface area contributed by atoms with E-state index in [2.05, 4.69) is 19.1 Å². The summed E-state index contributed by atoms with van der Waals surface area (Å²) in [5, 5.41) is 8.50. The Kier molecular flexibility index (Phi) is 18.3. The van der Waals surface area contributed by atoms with E-state index in [4.69, 9.17) is 5.11 Å². The molecule has 0 amide bonds. The number of hydrogen-bond acceptors (Lipinski definition) is 2. The number of carboxylic acid groups (broad SMARTS) is 1. The monoisotopic (exact) mass is 352 g/mol. The van der Waals surface area contributed by atoms with Crippen molar-refractivity contribution in [2.45, 2.75) is 116 Å². The van der Waals surface area contributed by atoms with Crippen LogP contribution in [0.3, 0.4) is 0 Å². The number of carboxylic acids is 1. The van der Waals surface area contributed by atoms with Gasteiger partial charge in [0.05, 0.1) is 0 Å². The van der Waals surface area contributed by atoms with E-state index in [0.717, 1.165) is 19.3 Å². The Hall–Kier alpha value is -1.12. The van der Waals surface area contributed by atoms with Gasteiger partial charge in [-0.1, -0.05) is 83.3 Å². The number of unbranched alkanes of at least 4 members (excludes halogenated alkanes) is 13. The normalized spacial score (nSPS) is 11.2. The number of allylic oxidation sites excluding steroid dienone is 2. The van der Waals surface area contributed by atoms with E-state index in [1.807, 2.05) is 0 Å². The predicted molar refractivity (Wildman–Crippen MR) is 106 cm³/mol. The van der Waals surface area contributed by atoms with Gasteiger partial charge in [0.2, 0.25) is 0 Å². The fourth-order valence-electron chi connectivity index (χ4n) is 3.00. The van der Waals surface area contributed by atoms with Crippen molar-refractivity contribution in [1.29, 1.82) is 0 Å². The van der Waals surface area contributed by atoms with Crippen LogP contribution in [0, 0.1) is 0 Å². The molecule has 146 valence electrons. The maximum atomic E-state index is 11.2. The summed E-state index contributed by atoms with van der Waals surface area (Å²) in [6.45, 7) is 2.26. The van der Waals surface area contributed by atoms with Gasteiger partial charge in [-0.05, 0) is 32.1 Å². The number of hydrogen-bond donors (Lipinski definition) is 1. The molecule has 0 aromatic rings. The zero-order chi connectivity index (χ0) is 18.6. The van der Waals surface area contributed by atoms with Crippen molar-refractivity contribution in [1.82, 2.24) is 0 Å². The molecular formula is C22H40O3. The average Bonchev–Trinajstić information content (AvgIpc) is 2.57. The third-order valence-electron chi connectivity index (χ3n) is 4.57. The van der Waals surface area contributed by atoms with Crippen LogP contribution in [0.25, 0.3) is 0 Å². The third-order valence-corrected chi connectivity index (χ3v) is 4.57. The number of ketones is 1. The fraction of sp³-hybridized carbons (Fsp3) is 0.818. The highest BCUT2D eigenvalue weighted by Gasteiger charge is 2.06. The Morgan fingerprint density at radius 1 is 0.680 bits per heavy atom. The van der Waals surface area contributed by atoms with Crippen LogP contribution in [0.1, 0.15) is 116 Å². The van der Waals surface area contributed by atoms with Crippen LogP contribution in [0.4, 0.5) is 0 Å². The van der Waals surface area contributed by atoms with Crippen LogP contribution >= 0.6 is 0 Å². The average molecular weight is 353 g/mol. The van der Waals surface area contributed by atoms with Crippen LogP contribution < -0.4 is 0 Å². The highest BCUT2D eigenvalue weighted by molar-refractivity contribution is 5.94. The van der Waals surface area contributed by atoms with Gasteiger partial charge >= 0.3 is 5.97 Å². The van der Waals surface area contributed by atoms with E-state index in [-0.39, 0.29) is 12.2 Å². The van der Waals surface area contributed by atoms with E-state index < -0.39 is 5.97 Å². The molecule has 0 atom stereocenters. The molecule has 0 rings (SSSR count). The van der Waals surface area contributed by atoms with Gasteiger partial charge in [-0.25, -0.2) is 0 Å². The summed E-state index contributed by atoms with van der Waals surface area (Å²) in [7, 11) is 0. The molecule has 0 aromatic heterocycles. The molecule has 0 heterocycles. The molecule has 0 aliphatic heterocycles. The van der Waals surface area contributed by atoms with Gasteiger partial charge in [0, 0.05) is 6.42 Å². The number of carbonyl (C=O) groups excluding carboxylic acids is 1. The minimum absolute atomic E-state index is 0.139. The van der Waals surface area contributed by atoms with Crippen molar-refractivity contribution in [2.75, 3.05) is 0 Å². The van der Waals surface area contributed by atoms with Crippen molar-refractivity contribution in [3.8, 4) is 0 Å². The first-order valence-electron chi connectivity index (χ1n) is 10.5. The molecule has 3 nitrogen and oxygen atoms in total. The smallest absolute Gasteiger partial charge is 0.310 e. The van der Waals surface area contributed by atoms with E-state index in [1.54, 1.807) is 0 Å². The minimum atomic E-state index is -1.01. The fourth-order valence-corrected chi connectivity index (χ4v) is 3.00. The summed E-state index contributed by atoms with van der Waals surface area (Å²) < 4.78 is 0. The van der Waals surface area contributed by atoms with Crippen molar-refractivity contribution in [2.24, 2.45) is 0 Å². The van der Waals surface area contributed by atoms with Crippen molar-refractivity contribution >= 4 is 11.8 Å². The molecule has 25 heavy (non-hydrogen) atoms. The number of rotatable bonds is 19. The van der Waals surface area contributed by atoms with Crippen LogP contribution in [0.2, 0.25) is 0 Å². The summed E-state index contributed by atoms with van der Waals surface area (Å²) in [6, 6.07) is 0. The predicted octanol–water partition coefficient (Wildman–Crippen LogP) is 6.85. The van der Waals surface area contributed by atoms with Crippen LogP contribution in [-0.2, 0) is 9.59 Å². The Morgan fingerprint density at radius 2 is 1.12 bits per heavy atom. The SMILES string of the molecule is CCCCCCCCC=CCCCCCCCCCC(=O)CC(=O)O. The Bertz CT molecular complexity index is 347. The first kappa shape index (κ1) is 23.9. The summed E-state index contributed by atoms with van der Waals surface area (Å²) in [5.41, 5.74) is 0. The minimum Gasteiger partial charge on any atom is -0.481 e. The third kappa shape index (κ3) is 20.8. The molecular weight excluding hydrogens is 312 g/mol. The van der Waals surface area contributed by atoms with Gasteiger partial charge in [-0.2, -0.15) is 0 Å². The topological polar surface area (TPSA) is 54.4 Å². The van der Waals surface area contributed by atoms with Gasteiger partial charge in [-0.3, -0.25) is 9.59 Å². The summed E-state index contributed by atoms with van der Waals surface area (Å²) >= 11 is 0. The lowest BCUT2D eigenvalue weighted by Crippen LogP contribution is -2.05. The second-order valence-electron chi connectivity index (χ2n) is 7.15. The Labute approximate surface area is 155 Å². The van der Waals surface area contributed by atoms with Crippen molar-refractivity contribution in [3.05, 3.63) is 12.2 Å². The van der Waals surface area contributed by atoms with Gasteiger partial charge < -0.3 is 5.11 Å². The first-order chi connectivity index (χ1) is 12.2. The maximum absolute atomic E-state index is 11.2. The standard InChI is InChI=1S/C22H40O3/c1-2-3-4-5-6-7-8-9-10-11-12-13-14-15-16-17-18-19-21(23)20-22(24)25/h9-10H,2-8,11-20H2,1H3,(H,24,25). The van der Waals surface area contributed by atoms with Crippen LogP contribution in [-0.4, -0.2) is 16.9 Å². The highest BCUT2D eigenvalue weighted by atomic mass is 16.4. The molecule has 0 saturated heterocycles. The van der Waals surface area contributed by atoms with E-state index >= 15 is 0 Å². The molecule has 0 aliphatic carbocycles. The van der Waals surface area contributed by atoms with E-state index in [9.17, 15) is 9.59 Å². The zero-order valence-electron chi connectivity index (χ0n) is 16.4. The molecule has 0 unspecified atom stereocenters. The zero-order valence-corrected chi connectivity index (χ0v) is 16.4. The Balaban J connectivity index is 3.17. The number of Topliss-reactive ketones (excluding diaryl/α,β-unsaturated/α-hetero) is 1. The molecule has 3 heteroatoms. The largest absolute Gasteiger partial charge is 0.481 e. The molecule has 0 aliphatic rings. The molecule has 0 radical (unpaired) electrons. The second kappa shape index (κ2) is 19.2. The van der Waals surface area contributed by atoms with Gasteiger partial charge in [0.15, 0.2) is 0 Å². The number of carbonyl (C=O) groups is 2. The molecule has 0 bridgehead atoms. The molecule has 0 fully saturated rings. The Morgan fingerprint density at radius 3 is 1.60 bits per heavy atom. The van der Waals surface area contributed by atoms with E-state index in [0.29, 0.717) is 6.42 Å². The quantitative estimate of drug-likeness (QED) is 0.157. The lowest BCUT2D eigenvalue weighted by Gasteiger charge is -2.01. The first-order valence-corrected chi connectivity index (χ1v) is 10.5. The molecule has 0 spiro atoms. The van der Waals surface area contributed by atoms with E-state index in [1.165, 1.54) is 77.0 Å². The lowest BCUT2D eigenvalue weighted by molar-refractivity contribution is -0.140. The van der Waals surface area contributed by atoms with Gasteiger partial charge in [-0.15, -0.1) is 0 Å². The van der Waals surface area contributed by atoms with Gasteiger partial charge in [0.25, 0.3) is 0 Å². The molecule has 0 saturated carbocycles. The summed E-state index contributed by atoms with van der Waals surface area (Å²) in [4.78, 5) is 21.6. The van der Waals surface area contributed by atoms with Crippen molar-refractivity contribution < 1.29 is 14.7 Å². The lowest BCUT2D eigenvalue weighted by atomic mass is 10.0. The summed E-state index contributed by atoms with van der Waals surface area (Å²) in [5.74, 6) is -1.15. The van der Waals surface area contributed by atoms with Crippen molar-refractivity contribution in [3.63, 3.8) is 0 Å². The second-order valence-corrected chi connectivity index (χ2v) is 7.15. The molecule has 1 N–H and O–H groups in total. The van der Waals surface area contributed by atoms with Crippen LogP contribution in [0.5, 0.6) is 0 Å². The van der Waals surface area contributed by atoms with Crippen LogP contribution in [0.15, 0.2) is 12.2 Å². The van der Waals surface area contributed by atoms with Gasteiger partial charge in [0.1, 0.15) is 12.2 Å². The number of aliphatic carboxylic acids is 1. The highest BCUT2D eigenvalue weighted by Crippen LogP contribution is 2.11. The molecule has 0 aromatic carbocycles. The summed E-state index contributed by atoms with van der Waals surface area (Å²) in [6.07, 6.45) is 23.6.